The van der Waals surface area contributed by atoms with E-state index in [1.165, 1.54) is 4.57 Å². The Kier molecular flexibility index (Phi) is 8.75. The van der Waals surface area contributed by atoms with Crippen molar-refractivity contribution in [1.82, 2.24) is 19.8 Å². The molecule has 2 amide bonds. The van der Waals surface area contributed by atoms with Gasteiger partial charge in [0.15, 0.2) is 0 Å². The quantitative estimate of drug-likeness (QED) is 0.186. The van der Waals surface area contributed by atoms with Crippen LogP contribution in [-0.2, 0) is 33.4 Å². The lowest BCUT2D eigenvalue weighted by Gasteiger charge is -2.34. The van der Waals surface area contributed by atoms with Crippen molar-refractivity contribution in [3.63, 3.8) is 0 Å². The maximum absolute atomic E-state index is 13.6. The number of nitrogen functional groups attached to an aromatic ring is 1. The molecule has 12 heteroatoms. The summed E-state index contributed by atoms with van der Waals surface area (Å²) < 4.78 is 1.48. The second-order valence-electron chi connectivity index (χ2n) is 9.66. The molecule has 206 valence electrons. The summed E-state index contributed by atoms with van der Waals surface area (Å²) in [7, 11) is 1.64. The average molecular weight is 555 g/mol. The summed E-state index contributed by atoms with van der Waals surface area (Å²) in [4.78, 5) is 56.5. The molecule has 0 spiro atoms. The van der Waals surface area contributed by atoms with Gasteiger partial charge < -0.3 is 25.6 Å². The van der Waals surface area contributed by atoms with E-state index in [4.69, 9.17) is 16.2 Å². The second kappa shape index (κ2) is 11.6. The van der Waals surface area contributed by atoms with E-state index < -0.39 is 23.8 Å². The number of hydrogen-bond acceptors (Lipinski definition) is 6. The van der Waals surface area contributed by atoms with Crippen LogP contribution in [0.15, 0.2) is 47.3 Å². The first-order valence-corrected chi connectivity index (χ1v) is 12.3. The fourth-order valence-corrected chi connectivity index (χ4v) is 4.76. The van der Waals surface area contributed by atoms with E-state index in [2.05, 4.69) is 10.3 Å². The number of carbonyl (C=O) groups excluding carboxylic acids is 2. The minimum atomic E-state index is -1.52. The second-order valence-corrected chi connectivity index (χ2v) is 9.66. The molecule has 11 nitrogen and oxygen atoms in total. The molecule has 1 saturated heterocycles. The summed E-state index contributed by atoms with van der Waals surface area (Å²) in [5, 5.41) is 19.3. The van der Waals surface area contributed by atoms with E-state index in [0.717, 1.165) is 18.4 Å². The first-order valence-electron chi connectivity index (χ1n) is 12.3. The van der Waals surface area contributed by atoms with Gasteiger partial charge in [0.1, 0.15) is 23.5 Å². The number of aromatic nitrogens is 2. The summed E-state index contributed by atoms with van der Waals surface area (Å²) in [6, 6.07) is 12.0. The lowest BCUT2D eigenvalue weighted by atomic mass is 9.89. The number of aliphatic carboxylic acids is 1. The standard InChI is InChI=1S/C27H30N6O5.ClH/c1-27(31-22(34)15-23(35)36,26(38)33-11-3-4-12-33)18-9-10-21-19(14-18)30-20(25(37)32(21)2)13-16-5-7-17(8-6-16)24(28)29;/h5-10,14H,3-4,11-13,15H2,1-2H3,(H3,28,29)(H,31,34)(H,35,36);1H. The van der Waals surface area contributed by atoms with Gasteiger partial charge in [-0.3, -0.25) is 24.6 Å². The predicted molar refractivity (Wildman–Crippen MR) is 148 cm³/mol. The normalized spacial score (nSPS) is 14.4. The Labute approximate surface area is 230 Å². The van der Waals surface area contributed by atoms with Crippen molar-refractivity contribution in [3.8, 4) is 0 Å². The zero-order valence-corrected chi connectivity index (χ0v) is 22.5. The smallest absolute Gasteiger partial charge is 0.312 e. The van der Waals surface area contributed by atoms with Crippen LogP contribution in [0.1, 0.15) is 48.6 Å². The molecule has 1 aliphatic rings. The number of amides is 2. The maximum atomic E-state index is 13.6. The number of nitrogens with two attached hydrogens (primary N) is 1. The highest BCUT2D eigenvalue weighted by atomic mass is 35.5. The number of fused-ring (bicyclic) bond motifs is 1. The molecule has 3 aromatic rings. The van der Waals surface area contributed by atoms with Crippen molar-refractivity contribution >= 4 is 47.1 Å². The number of hydrogen-bond donors (Lipinski definition) is 4. The first kappa shape index (κ1) is 29.3. The SMILES string of the molecule is Cl.Cn1c(=O)c(Cc2ccc(C(=N)N)cc2)nc2cc(C(C)(NC(=O)CC(=O)O)C(=O)N3CCCC3)ccc21. The Morgan fingerprint density at radius 2 is 1.77 bits per heavy atom. The van der Waals surface area contributed by atoms with Crippen LogP contribution >= 0.6 is 12.4 Å². The zero-order valence-electron chi connectivity index (χ0n) is 21.7. The van der Waals surface area contributed by atoms with Gasteiger partial charge in [-0.1, -0.05) is 30.3 Å². The van der Waals surface area contributed by atoms with Gasteiger partial charge in [-0.2, -0.15) is 0 Å². The van der Waals surface area contributed by atoms with E-state index in [-0.39, 0.29) is 41.8 Å². The highest BCUT2D eigenvalue weighted by molar-refractivity contribution is 5.98. The number of nitrogens with one attached hydrogen (secondary N) is 2. The van der Waals surface area contributed by atoms with Crippen molar-refractivity contribution in [2.45, 2.75) is 38.1 Å². The van der Waals surface area contributed by atoms with Gasteiger partial charge in [-0.15, -0.1) is 12.4 Å². The fourth-order valence-electron chi connectivity index (χ4n) is 4.76. The van der Waals surface area contributed by atoms with Gasteiger partial charge in [0.2, 0.25) is 5.91 Å². The van der Waals surface area contributed by atoms with Crippen LogP contribution in [0.25, 0.3) is 11.0 Å². The number of aryl methyl sites for hydroxylation is 1. The molecule has 0 radical (unpaired) electrons. The Balaban J connectivity index is 0.00000420. The van der Waals surface area contributed by atoms with E-state index in [1.807, 2.05) is 0 Å². The lowest BCUT2D eigenvalue weighted by molar-refractivity contribution is -0.145. The van der Waals surface area contributed by atoms with E-state index in [9.17, 15) is 19.2 Å². The highest BCUT2D eigenvalue weighted by Gasteiger charge is 2.41. The number of nitrogens with zero attached hydrogens (tertiary/aromatic N) is 3. The highest BCUT2D eigenvalue weighted by Crippen LogP contribution is 2.28. The van der Waals surface area contributed by atoms with Crippen molar-refractivity contribution in [2.24, 2.45) is 12.8 Å². The molecule has 4 rings (SSSR count). The molecule has 1 aliphatic heterocycles. The third kappa shape index (κ3) is 6.09. The lowest BCUT2D eigenvalue weighted by Crippen LogP contribution is -2.55. The molecule has 1 unspecified atom stereocenters. The number of likely N-dealkylation sites (tertiary alicyclic amines) is 1. The molecule has 2 aromatic carbocycles. The fraction of sp³-hybridized carbons (Fsp3) is 0.333. The van der Waals surface area contributed by atoms with Crippen molar-refractivity contribution in [1.29, 1.82) is 5.41 Å². The number of carboxylic acids is 1. The first-order chi connectivity index (χ1) is 18.0. The molecule has 5 N–H and O–H groups in total. The summed E-state index contributed by atoms with van der Waals surface area (Å²) in [5.41, 5.74) is 6.83. The van der Waals surface area contributed by atoms with Gasteiger partial charge in [0.05, 0.1) is 11.0 Å². The van der Waals surface area contributed by atoms with E-state index >= 15 is 0 Å². The van der Waals surface area contributed by atoms with Crippen molar-refractivity contribution in [2.75, 3.05) is 13.1 Å². The number of amidine groups is 1. The summed E-state index contributed by atoms with van der Waals surface area (Å²) in [6.45, 7) is 2.67. The summed E-state index contributed by atoms with van der Waals surface area (Å²) >= 11 is 0. The third-order valence-corrected chi connectivity index (χ3v) is 6.88. The molecule has 0 bridgehead atoms. The maximum Gasteiger partial charge on any atom is 0.312 e. The molecule has 0 aliphatic carbocycles. The van der Waals surface area contributed by atoms with Crippen LogP contribution in [0.3, 0.4) is 0 Å². The molecule has 1 fully saturated rings. The van der Waals surface area contributed by atoms with Gasteiger partial charge in [0, 0.05) is 32.1 Å². The molecule has 0 saturated carbocycles. The van der Waals surface area contributed by atoms with Crippen LogP contribution < -0.4 is 16.6 Å². The van der Waals surface area contributed by atoms with Crippen molar-refractivity contribution in [3.05, 3.63) is 75.2 Å². The minimum absolute atomic E-state index is 0. The number of rotatable bonds is 8. The molecular weight excluding hydrogens is 524 g/mol. The van der Waals surface area contributed by atoms with Crippen LogP contribution in [0.2, 0.25) is 0 Å². The number of halogens is 1. The van der Waals surface area contributed by atoms with Gasteiger partial charge >= 0.3 is 5.97 Å². The van der Waals surface area contributed by atoms with Crippen LogP contribution in [0.4, 0.5) is 0 Å². The van der Waals surface area contributed by atoms with Crippen LogP contribution in [-0.4, -0.2) is 56.3 Å². The molecule has 1 aromatic heterocycles. The molecule has 39 heavy (non-hydrogen) atoms. The Morgan fingerprint density at radius 3 is 2.36 bits per heavy atom. The summed E-state index contributed by atoms with van der Waals surface area (Å²) in [6.07, 6.45) is 1.17. The Hall–Kier alpha value is -4.25. The van der Waals surface area contributed by atoms with E-state index in [1.54, 1.807) is 61.3 Å². The van der Waals surface area contributed by atoms with Crippen LogP contribution in [0, 0.1) is 5.41 Å². The minimum Gasteiger partial charge on any atom is -0.481 e. The number of carbonyl (C=O) groups is 3. The topological polar surface area (TPSA) is 171 Å². The molecular formula is C27H31ClN6O5. The van der Waals surface area contributed by atoms with Gasteiger partial charge in [-0.25, -0.2) is 4.98 Å². The van der Waals surface area contributed by atoms with Crippen molar-refractivity contribution < 1.29 is 19.5 Å². The molecule has 1 atom stereocenters. The monoisotopic (exact) mass is 554 g/mol. The average Bonchev–Trinajstić information content (AvgIpc) is 3.41. The molecule has 2 heterocycles. The van der Waals surface area contributed by atoms with Gasteiger partial charge in [0.25, 0.3) is 11.5 Å². The van der Waals surface area contributed by atoms with Crippen LogP contribution in [0.5, 0.6) is 0 Å². The van der Waals surface area contributed by atoms with Gasteiger partial charge in [-0.05, 0) is 43.0 Å². The zero-order chi connectivity index (χ0) is 27.6. The largest absolute Gasteiger partial charge is 0.481 e. The summed E-state index contributed by atoms with van der Waals surface area (Å²) in [5.74, 6) is -2.46. The number of benzene rings is 2. The predicted octanol–water partition coefficient (Wildman–Crippen LogP) is 1.66. The Bertz CT molecular complexity index is 1500. The third-order valence-electron chi connectivity index (χ3n) is 6.88. The Morgan fingerprint density at radius 1 is 1.13 bits per heavy atom. The number of carboxylic acid groups (broad SMARTS) is 1. The van der Waals surface area contributed by atoms with E-state index in [0.29, 0.717) is 35.2 Å².